The van der Waals surface area contributed by atoms with Crippen LogP contribution in [-0.2, 0) is 0 Å². The number of aryl methyl sites for hydroxylation is 1. The average Bonchev–Trinajstić information content (AvgIpc) is 2.70. The van der Waals surface area contributed by atoms with Crippen molar-refractivity contribution in [3.8, 4) is 11.4 Å². The van der Waals surface area contributed by atoms with E-state index in [2.05, 4.69) is 10.1 Å². The van der Waals surface area contributed by atoms with E-state index in [9.17, 15) is 4.79 Å². The van der Waals surface area contributed by atoms with Gasteiger partial charge >= 0.3 is 0 Å². The second kappa shape index (κ2) is 4.50. The van der Waals surface area contributed by atoms with Crippen molar-refractivity contribution in [3.05, 3.63) is 29.8 Å². The lowest BCUT2D eigenvalue weighted by Gasteiger charge is -2.15. The molecule has 0 fully saturated rings. The van der Waals surface area contributed by atoms with Crippen LogP contribution in [0.1, 0.15) is 31.1 Å². The van der Waals surface area contributed by atoms with Gasteiger partial charge in [0.15, 0.2) is 5.82 Å². The van der Waals surface area contributed by atoms with Gasteiger partial charge in [0.05, 0.1) is 0 Å². The van der Waals surface area contributed by atoms with Gasteiger partial charge in [-0.15, -0.1) is 5.10 Å². The normalized spacial score (nSPS) is 11.6. The van der Waals surface area contributed by atoms with Crippen LogP contribution in [0.25, 0.3) is 11.4 Å². The minimum atomic E-state index is -0.549. The maximum absolute atomic E-state index is 12.2. The van der Waals surface area contributed by atoms with Crippen LogP contribution in [0.4, 0.5) is 5.95 Å². The third-order valence-corrected chi connectivity index (χ3v) is 2.78. The number of benzene rings is 1. The molecule has 0 unspecified atom stereocenters. The first-order chi connectivity index (χ1) is 8.79. The monoisotopic (exact) mass is 258 g/mol. The lowest BCUT2D eigenvalue weighted by atomic mass is 9.96. The van der Waals surface area contributed by atoms with Gasteiger partial charge in [-0.2, -0.15) is 9.67 Å². The van der Waals surface area contributed by atoms with Crippen LogP contribution in [0.2, 0.25) is 0 Å². The third-order valence-electron chi connectivity index (χ3n) is 2.78. The first-order valence-electron chi connectivity index (χ1n) is 6.13. The van der Waals surface area contributed by atoms with E-state index in [1.54, 1.807) is 0 Å². The molecule has 1 heterocycles. The number of rotatable bonds is 1. The number of nitrogen functional groups attached to an aromatic ring is 1. The molecule has 2 N–H and O–H groups in total. The summed E-state index contributed by atoms with van der Waals surface area (Å²) in [5.41, 5.74) is 7.23. The van der Waals surface area contributed by atoms with Gasteiger partial charge in [0, 0.05) is 11.0 Å². The quantitative estimate of drug-likeness (QED) is 0.853. The number of anilines is 1. The van der Waals surface area contributed by atoms with Crippen LogP contribution >= 0.6 is 0 Å². The zero-order chi connectivity index (χ0) is 14.2. The lowest BCUT2D eigenvalue weighted by Crippen LogP contribution is -2.28. The Hall–Kier alpha value is -2.17. The molecule has 0 atom stereocenters. The van der Waals surface area contributed by atoms with Crippen LogP contribution in [0, 0.1) is 12.3 Å². The fourth-order valence-electron chi connectivity index (χ4n) is 1.62. The lowest BCUT2D eigenvalue weighted by molar-refractivity contribution is 0.0752. The maximum atomic E-state index is 12.2. The summed E-state index contributed by atoms with van der Waals surface area (Å²) in [4.78, 5) is 16.3. The summed E-state index contributed by atoms with van der Waals surface area (Å²) in [5, 5.41) is 4.21. The molecule has 0 saturated carbocycles. The van der Waals surface area contributed by atoms with E-state index in [0.717, 1.165) is 11.1 Å². The topological polar surface area (TPSA) is 73.8 Å². The Labute approximate surface area is 112 Å². The van der Waals surface area contributed by atoms with Gasteiger partial charge in [0.25, 0.3) is 5.91 Å². The third kappa shape index (κ3) is 2.65. The zero-order valence-electron chi connectivity index (χ0n) is 11.6. The number of nitrogens with zero attached hydrogens (tertiary/aromatic N) is 3. The molecule has 0 spiro atoms. The van der Waals surface area contributed by atoms with Gasteiger partial charge in [0.2, 0.25) is 5.95 Å². The van der Waals surface area contributed by atoms with Crippen LogP contribution in [0.15, 0.2) is 24.3 Å². The Morgan fingerprint density at radius 3 is 2.32 bits per heavy atom. The molecule has 0 aliphatic rings. The van der Waals surface area contributed by atoms with Gasteiger partial charge < -0.3 is 5.73 Å². The summed E-state index contributed by atoms with van der Waals surface area (Å²) < 4.78 is 1.18. The first kappa shape index (κ1) is 13.3. The van der Waals surface area contributed by atoms with Gasteiger partial charge in [0.1, 0.15) is 0 Å². The predicted octanol–water partition coefficient (Wildman–Crippen LogP) is 2.52. The van der Waals surface area contributed by atoms with Crippen molar-refractivity contribution < 1.29 is 4.79 Å². The van der Waals surface area contributed by atoms with E-state index in [1.165, 1.54) is 4.68 Å². The summed E-state index contributed by atoms with van der Waals surface area (Å²) in [6.07, 6.45) is 0. The van der Waals surface area contributed by atoms with Crippen LogP contribution < -0.4 is 5.73 Å². The number of carbonyl (C=O) groups is 1. The minimum absolute atomic E-state index is 0.121. The van der Waals surface area contributed by atoms with Crippen LogP contribution in [0.3, 0.4) is 0 Å². The minimum Gasteiger partial charge on any atom is -0.368 e. The molecule has 1 aromatic carbocycles. The molecule has 0 bridgehead atoms. The molecule has 5 nitrogen and oxygen atoms in total. The first-order valence-corrected chi connectivity index (χ1v) is 6.13. The van der Waals surface area contributed by atoms with Crippen molar-refractivity contribution in [2.24, 2.45) is 5.41 Å². The number of nitrogens with two attached hydrogens (primary N) is 1. The molecular weight excluding hydrogens is 240 g/mol. The summed E-state index contributed by atoms with van der Waals surface area (Å²) in [7, 11) is 0. The number of hydrogen-bond donors (Lipinski definition) is 1. The van der Waals surface area contributed by atoms with Gasteiger partial charge in [-0.05, 0) is 6.92 Å². The Morgan fingerprint density at radius 2 is 1.79 bits per heavy atom. The molecular formula is C14H18N4O. The van der Waals surface area contributed by atoms with Crippen molar-refractivity contribution in [1.82, 2.24) is 14.8 Å². The summed E-state index contributed by atoms with van der Waals surface area (Å²) in [6.45, 7) is 7.47. The second-order valence-corrected chi connectivity index (χ2v) is 5.63. The highest BCUT2D eigenvalue weighted by Crippen LogP contribution is 2.21. The molecule has 5 heteroatoms. The summed E-state index contributed by atoms with van der Waals surface area (Å²) in [6, 6.07) is 7.77. The molecule has 1 aromatic heterocycles. The standard InChI is InChI=1S/C14H18N4O/c1-9-5-7-10(8-6-9)11-16-13(15)18(17-11)12(19)14(2,3)4/h5-8H,1-4H3,(H2,15,16,17). The largest absolute Gasteiger partial charge is 0.368 e. The van der Waals surface area contributed by atoms with Crippen molar-refractivity contribution >= 4 is 11.9 Å². The second-order valence-electron chi connectivity index (χ2n) is 5.63. The zero-order valence-corrected chi connectivity index (χ0v) is 11.6. The summed E-state index contributed by atoms with van der Waals surface area (Å²) in [5.74, 6) is 0.418. The molecule has 100 valence electrons. The molecule has 2 rings (SSSR count). The Balaban J connectivity index is 2.42. The van der Waals surface area contributed by atoms with E-state index < -0.39 is 5.41 Å². The average molecular weight is 258 g/mol. The molecule has 2 aromatic rings. The number of hydrogen-bond acceptors (Lipinski definition) is 4. The van der Waals surface area contributed by atoms with Gasteiger partial charge in [-0.25, -0.2) is 0 Å². The molecule has 19 heavy (non-hydrogen) atoms. The molecule has 0 amide bonds. The number of aromatic nitrogens is 3. The fourth-order valence-corrected chi connectivity index (χ4v) is 1.62. The van der Waals surface area contributed by atoms with Crippen molar-refractivity contribution in [2.45, 2.75) is 27.7 Å². The smallest absolute Gasteiger partial charge is 0.255 e. The summed E-state index contributed by atoms with van der Waals surface area (Å²) >= 11 is 0. The van der Waals surface area contributed by atoms with E-state index in [-0.39, 0.29) is 11.9 Å². The van der Waals surface area contributed by atoms with Crippen LogP contribution in [0.5, 0.6) is 0 Å². The Morgan fingerprint density at radius 1 is 1.21 bits per heavy atom. The molecule has 0 radical (unpaired) electrons. The van der Waals surface area contributed by atoms with Gasteiger partial charge in [-0.1, -0.05) is 50.6 Å². The van der Waals surface area contributed by atoms with E-state index in [1.807, 2.05) is 52.0 Å². The van der Waals surface area contributed by atoms with Crippen molar-refractivity contribution in [1.29, 1.82) is 0 Å². The highest BCUT2D eigenvalue weighted by molar-refractivity contribution is 5.85. The maximum Gasteiger partial charge on any atom is 0.255 e. The molecule has 0 aliphatic carbocycles. The molecule has 0 saturated heterocycles. The SMILES string of the molecule is Cc1ccc(-c2nc(N)n(C(=O)C(C)(C)C)n2)cc1. The van der Waals surface area contributed by atoms with E-state index >= 15 is 0 Å². The van der Waals surface area contributed by atoms with E-state index in [4.69, 9.17) is 5.73 Å². The van der Waals surface area contributed by atoms with Crippen molar-refractivity contribution in [3.63, 3.8) is 0 Å². The van der Waals surface area contributed by atoms with Gasteiger partial charge in [-0.3, -0.25) is 4.79 Å². The Bertz CT molecular complexity index is 605. The number of carbonyl (C=O) groups excluding carboxylic acids is 1. The highest BCUT2D eigenvalue weighted by Gasteiger charge is 2.26. The van der Waals surface area contributed by atoms with E-state index in [0.29, 0.717) is 5.82 Å². The fraction of sp³-hybridized carbons (Fsp3) is 0.357. The van der Waals surface area contributed by atoms with Crippen LogP contribution in [-0.4, -0.2) is 20.7 Å². The van der Waals surface area contributed by atoms with Crippen molar-refractivity contribution in [2.75, 3.05) is 5.73 Å². The predicted molar refractivity (Wildman–Crippen MR) is 74.7 cm³/mol. The Kier molecular flexibility index (Phi) is 3.14. The molecule has 0 aliphatic heterocycles. The highest BCUT2D eigenvalue weighted by atomic mass is 16.2.